The first-order valence-corrected chi connectivity index (χ1v) is 7.14. The third-order valence-electron chi connectivity index (χ3n) is 3.44. The Bertz CT molecular complexity index is 549. The molecule has 3 heterocycles. The fraction of sp³-hybridized carbons (Fsp3) is 0.500. The van der Waals surface area contributed by atoms with Gasteiger partial charge in [0.05, 0.1) is 16.8 Å². The van der Waals surface area contributed by atoms with Gasteiger partial charge in [0, 0.05) is 25.5 Å². The van der Waals surface area contributed by atoms with Crippen molar-refractivity contribution in [2.75, 3.05) is 13.2 Å². The second kappa shape index (κ2) is 5.90. The molecular formula is C14H18ClN3O. The van der Waals surface area contributed by atoms with Gasteiger partial charge in [0.15, 0.2) is 0 Å². The summed E-state index contributed by atoms with van der Waals surface area (Å²) in [5, 5.41) is 4.14. The van der Waals surface area contributed by atoms with Gasteiger partial charge in [0.2, 0.25) is 0 Å². The van der Waals surface area contributed by atoms with Crippen LogP contribution in [0.4, 0.5) is 0 Å². The monoisotopic (exact) mass is 279 g/mol. The molecule has 1 aliphatic rings. The van der Waals surface area contributed by atoms with Gasteiger partial charge in [-0.1, -0.05) is 11.6 Å². The molecule has 1 saturated heterocycles. The molecule has 1 N–H and O–H groups in total. The largest absolute Gasteiger partial charge is 0.378 e. The summed E-state index contributed by atoms with van der Waals surface area (Å²) in [6, 6.07) is 3.79. The Hall–Kier alpha value is -1.10. The second-order valence-electron chi connectivity index (χ2n) is 4.95. The highest BCUT2D eigenvalue weighted by Gasteiger charge is 2.14. The smallest absolute Gasteiger partial charge is 0.137 e. The molecule has 1 atom stereocenters. The van der Waals surface area contributed by atoms with Crippen LogP contribution < -0.4 is 5.32 Å². The van der Waals surface area contributed by atoms with Crippen LogP contribution in [0.3, 0.4) is 0 Å². The van der Waals surface area contributed by atoms with E-state index < -0.39 is 0 Å². The molecule has 0 spiro atoms. The summed E-state index contributed by atoms with van der Waals surface area (Å²) < 4.78 is 7.55. The average Bonchev–Trinajstić information content (AvgIpc) is 3.02. The van der Waals surface area contributed by atoms with Crippen molar-refractivity contribution in [3.63, 3.8) is 0 Å². The van der Waals surface area contributed by atoms with E-state index in [0.717, 1.165) is 42.5 Å². The molecule has 1 fully saturated rings. The molecule has 2 aromatic heterocycles. The van der Waals surface area contributed by atoms with Crippen molar-refractivity contribution in [3.05, 3.63) is 35.2 Å². The van der Waals surface area contributed by atoms with Crippen LogP contribution >= 0.6 is 11.6 Å². The molecule has 4 nitrogen and oxygen atoms in total. The van der Waals surface area contributed by atoms with Gasteiger partial charge >= 0.3 is 0 Å². The van der Waals surface area contributed by atoms with Crippen molar-refractivity contribution < 1.29 is 4.74 Å². The summed E-state index contributed by atoms with van der Waals surface area (Å²) in [6.45, 7) is 2.68. The third kappa shape index (κ3) is 3.26. The zero-order valence-corrected chi connectivity index (χ0v) is 11.6. The van der Waals surface area contributed by atoms with E-state index in [1.54, 1.807) is 0 Å². The molecule has 0 saturated carbocycles. The first-order chi connectivity index (χ1) is 9.31. The van der Waals surface area contributed by atoms with E-state index in [9.17, 15) is 0 Å². The summed E-state index contributed by atoms with van der Waals surface area (Å²) >= 11 is 5.95. The van der Waals surface area contributed by atoms with Gasteiger partial charge in [-0.25, -0.2) is 4.98 Å². The quantitative estimate of drug-likeness (QED) is 0.855. The number of halogens is 1. The molecule has 0 bridgehead atoms. The Balaban J connectivity index is 1.50. The van der Waals surface area contributed by atoms with Crippen LogP contribution in [0.1, 0.15) is 25.0 Å². The minimum Gasteiger partial charge on any atom is -0.378 e. The van der Waals surface area contributed by atoms with Crippen LogP contribution in [-0.2, 0) is 11.3 Å². The van der Waals surface area contributed by atoms with E-state index >= 15 is 0 Å². The number of nitrogens with zero attached hydrogens (tertiary/aromatic N) is 2. The van der Waals surface area contributed by atoms with Gasteiger partial charge in [-0.15, -0.1) is 0 Å². The topological polar surface area (TPSA) is 38.6 Å². The van der Waals surface area contributed by atoms with Gasteiger partial charge in [0.25, 0.3) is 0 Å². The van der Waals surface area contributed by atoms with Gasteiger partial charge in [-0.3, -0.25) is 0 Å². The SMILES string of the molecule is Clc1ccc2nc(CNCCC3CCCO3)cn2c1. The fourth-order valence-corrected chi connectivity index (χ4v) is 2.62. The number of pyridine rings is 1. The van der Waals surface area contributed by atoms with Crippen molar-refractivity contribution in [2.24, 2.45) is 0 Å². The minimum atomic E-state index is 0.451. The lowest BCUT2D eigenvalue weighted by Gasteiger charge is -2.08. The molecule has 0 aromatic carbocycles. The van der Waals surface area contributed by atoms with E-state index in [1.165, 1.54) is 12.8 Å². The molecule has 5 heteroatoms. The maximum atomic E-state index is 5.95. The number of rotatable bonds is 5. The predicted molar refractivity (Wildman–Crippen MR) is 75.5 cm³/mol. The lowest BCUT2D eigenvalue weighted by atomic mass is 10.2. The molecule has 3 rings (SSSR count). The van der Waals surface area contributed by atoms with Crippen LogP contribution in [0.15, 0.2) is 24.5 Å². The van der Waals surface area contributed by atoms with Crippen molar-refractivity contribution >= 4 is 17.2 Å². The van der Waals surface area contributed by atoms with E-state index in [4.69, 9.17) is 16.3 Å². The van der Waals surface area contributed by atoms with Gasteiger partial charge in [-0.2, -0.15) is 0 Å². The number of nitrogens with one attached hydrogen (secondary N) is 1. The van der Waals surface area contributed by atoms with Gasteiger partial charge in [0.1, 0.15) is 5.65 Å². The average molecular weight is 280 g/mol. The molecule has 0 amide bonds. The van der Waals surface area contributed by atoms with E-state index in [0.29, 0.717) is 6.10 Å². The number of aromatic nitrogens is 2. The highest BCUT2D eigenvalue weighted by molar-refractivity contribution is 6.30. The second-order valence-corrected chi connectivity index (χ2v) is 5.38. The standard InChI is InChI=1S/C14H18ClN3O/c15-11-3-4-14-17-12(10-18(14)9-11)8-16-6-5-13-2-1-7-19-13/h3-4,9-10,13,16H,1-2,5-8H2. The van der Waals surface area contributed by atoms with Crippen molar-refractivity contribution in [3.8, 4) is 0 Å². The Morgan fingerprint density at radius 3 is 3.21 bits per heavy atom. The molecule has 2 aromatic rings. The fourth-order valence-electron chi connectivity index (χ4n) is 2.45. The summed E-state index contributed by atoms with van der Waals surface area (Å²) in [4.78, 5) is 4.53. The lowest BCUT2D eigenvalue weighted by molar-refractivity contribution is 0.104. The highest BCUT2D eigenvalue weighted by atomic mass is 35.5. The Morgan fingerprint density at radius 1 is 1.42 bits per heavy atom. The number of hydrogen-bond donors (Lipinski definition) is 1. The molecule has 102 valence electrons. The normalized spacial score (nSPS) is 19.3. The van der Waals surface area contributed by atoms with Crippen molar-refractivity contribution in [1.29, 1.82) is 0 Å². The molecule has 1 unspecified atom stereocenters. The lowest BCUT2D eigenvalue weighted by Crippen LogP contribution is -2.19. The summed E-state index contributed by atoms with van der Waals surface area (Å²) in [5.74, 6) is 0. The van der Waals surface area contributed by atoms with Crippen LogP contribution in [0, 0.1) is 0 Å². The first-order valence-electron chi connectivity index (χ1n) is 6.77. The number of ether oxygens (including phenoxy) is 1. The summed E-state index contributed by atoms with van der Waals surface area (Å²) in [6.07, 6.45) is 7.83. The predicted octanol–water partition coefficient (Wildman–Crippen LogP) is 2.65. The van der Waals surface area contributed by atoms with E-state index in [-0.39, 0.29) is 0 Å². The molecule has 0 aliphatic carbocycles. The highest BCUT2D eigenvalue weighted by Crippen LogP contribution is 2.14. The van der Waals surface area contributed by atoms with Crippen LogP contribution in [-0.4, -0.2) is 28.6 Å². The minimum absolute atomic E-state index is 0.451. The number of hydrogen-bond acceptors (Lipinski definition) is 3. The van der Waals surface area contributed by atoms with E-state index in [2.05, 4.69) is 10.3 Å². The molecule has 0 radical (unpaired) electrons. The third-order valence-corrected chi connectivity index (χ3v) is 3.66. The maximum Gasteiger partial charge on any atom is 0.137 e. The number of imidazole rings is 1. The molecular weight excluding hydrogens is 262 g/mol. The maximum absolute atomic E-state index is 5.95. The zero-order valence-electron chi connectivity index (χ0n) is 10.8. The van der Waals surface area contributed by atoms with Crippen molar-refractivity contribution in [1.82, 2.24) is 14.7 Å². The molecule has 19 heavy (non-hydrogen) atoms. The van der Waals surface area contributed by atoms with Crippen molar-refractivity contribution in [2.45, 2.75) is 31.9 Å². The van der Waals surface area contributed by atoms with Crippen LogP contribution in [0.5, 0.6) is 0 Å². The zero-order chi connectivity index (χ0) is 13.1. The number of fused-ring (bicyclic) bond motifs is 1. The Labute approximate surface area is 117 Å². The first kappa shape index (κ1) is 12.9. The summed E-state index contributed by atoms with van der Waals surface area (Å²) in [5.41, 5.74) is 1.97. The molecule has 1 aliphatic heterocycles. The van der Waals surface area contributed by atoms with Crippen LogP contribution in [0.25, 0.3) is 5.65 Å². The Morgan fingerprint density at radius 2 is 2.37 bits per heavy atom. The van der Waals surface area contributed by atoms with E-state index in [1.807, 2.05) is 28.9 Å². The summed E-state index contributed by atoms with van der Waals surface area (Å²) in [7, 11) is 0. The van der Waals surface area contributed by atoms with Gasteiger partial charge in [-0.05, 0) is 37.9 Å². The van der Waals surface area contributed by atoms with Crippen LogP contribution in [0.2, 0.25) is 5.02 Å². The van der Waals surface area contributed by atoms with Gasteiger partial charge < -0.3 is 14.5 Å². The Kier molecular flexibility index (Phi) is 4.01.